The van der Waals surface area contributed by atoms with Gasteiger partial charge in [0.25, 0.3) is 10.0 Å². The normalized spacial score (nSPS) is 11.2. The Labute approximate surface area is 131 Å². The van der Waals surface area contributed by atoms with Crippen molar-refractivity contribution in [1.29, 1.82) is 0 Å². The standard InChI is InChI=1S/C13H15BrN4O2S/c1-8-5-10(14)6-9(2)13(8)18-21(19,20)12-7-16-4-3-11(12)17-15/h3-7,18H,15H2,1-2H3,(H,16,17). The number of aryl methyl sites for hydroxylation is 2. The molecule has 0 saturated heterocycles. The number of halogens is 1. The zero-order valence-electron chi connectivity index (χ0n) is 11.5. The Balaban J connectivity index is 2.48. The molecule has 0 saturated carbocycles. The summed E-state index contributed by atoms with van der Waals surface area (Å²) in [5, 5.41) is 0. The first kappa shape index (κ1) is 15.7. The van der Waals surface area contributed by atoms with Gasteiger partial charge in [0.2, 0.25) is 0 Å². The third-order valence-corrected chi connectivity index (χ3v) is 4.80. The number of hydrogen-bond donors (Lipinski definition) is 3. The van der Waals surface area contributed by atoms with E-state index in [1.807, 2.05) is 26.0 Å². The molecule has 0 aliphatic carbocycles. The number of nitrogens with one attached hydrogen (secondary N) is 2. The molecule has 0 radical (unpaired) electrons. The van der Waals surface area contributed by atoms with Crippen molar-refractivity contribution < 1.29 is 8.42 Å². The van der Waals surface area contributed by atoms with E-state index in [0.717, 1.165) is 15.6 Å². The average molecular weight is 371 g/mol. The molecule has 4 N–H and O–H groups in total. The van der Waals surface area contributed by atoms with Crippen molar-refractivity contribution in [3.05, 3.63) is 46.2 Å². The Bertz CT molecular complexity index is 754. The van der Waals surface area contributed by atoms with E-state index in [2.05, 4.69) is 31.1 Å². The van der Waals surface area contributed by atoms with E-state index in [4.69, 9.17) is 5.84 Å². The van der Waals surface area contributed by atoms with Crippen molar-refractivity contribution >= 4 is 37.3 Å². The number of anilines is 2. The minimum Gasteiger partial charge on any atom is -0.323 e. The Morgan fingerprint density at radius 3 is 2.43 bits per heavy atom. The lowest BCUT2D eigenvalue weighted by molar-refractivity contribution is 0.601. The van der Waals surface area contributed by atoms with Crippen LogP contribution in [0.4, 0.5) is 11.4 Å². The van der Waals surface area contributed by atoms with Gasteiger partial charge in [0.1, 0.15) is 4.90 Å². The number of nitrogens with zero attached hydrogens (tertiary/aromatic N) is 1. The van der Waals surface area contributed by atoms with Gasteiger partial charge in [0.05, 0.1) is 11.4 Å². The van der Waals surface area contributed by atoms with Crippen molar-refractivity contribution in [2.45, 2.75) is 18.7 Å². The van der Waals surface area contributed by atoms with Crippen LogP contribution in [-0.4, -0.2) is 13.4 Å². The van der Waals surface area contributed by atoms with Gasteiger partial charge in [-0.25, -0.2) is 8.42 Å². The summed E-state index contributed by atoms with van der Waals surface area (Å²) in [4.78, 5) is 3.83. The molecule has 0 fully saturated rings. The summed E-state index contributed by atoms with van der Waals surface area (Å²) >= 11 is 3.38. The van der Waals surface area contributed by atoms with Crippen molar-refractivity contribution in [2.75, 3.05) is 10.1 Å². The lowest BCUT2D eigenvalue weighted by Crippen LogP contribution is -2.18. The third-order valence-electron chi connectivity index (χ3n) is 2.96. The number of nitrogens with two attached hydrogens (primary N) is 1. The largest absolute Gasteiger partial charge is 0.323 e. The maximum atomic E-state index is 12.5. The van der Waals surface area contributed by atoms with Crippen LogP contribution in [0, 0.1) is 13.8 Å². The molecule has 0 unspecified atom stereocenters. The Hall–Kier alpha value is -1.64. The molecule has 2 aromatic rings. The Morgan fingerprint density at radius 1 is 1.24 bits per heavy atom. The van der Waals surface area contributed by atoms with Crippen LogP contribution < -0.4 is 16.0 Å². The molecule has 1 aromatic carbocycles. The van der Waals surface area contributed by atoms with Gasteiger partial charge in [0.15, 0.2) is 0 Å². The first-order valence-corrected chi connectivity index (χ1v) is 8.33. The predicted molar refractivity (Wildman–Crippen MR) is 86.5 cm³/mol. The van der Waals surface area contributed by atoms with Crippen LogP contribution in [0.2, 0.25) is 0 Å². The van der Waals surface area contributed by atoms with Crippen molar-refractivity contribution in [3.8, 4) is 0 Å². The number of sulfonamides is 1. The number of benzene rings is 1. The van der Waals surface area contributed by atoms with Gasteiger partial charge in [-0.3, -0.25) is 15.5 Å². The number of nitrogen functional groups attached to an aromatic ring is 1. The Kier molecular flexibility index (Phi) is 4.50. The summed E-state index contributed by atoms with van der Waals surface area (Å²) in [6, 6.07) is 5.18. The van der Waals surface area contributed by atoms with E-state index in [0.29, 0.717) is 5.69 Å². The van der Waals surface area contributed by atoms with E-state index in [-0.39, 0.29) is 10.6 Å². The average Bonchev–Trinajstić information content (AvgIpc) is 2.43. The van der Waals surface area contributed by atoms with Crippen molar-refractivity contribution in [1.82, 2.24) is 4.98 Å². The highest BCUT2D eigenvalue weighted by atomic mass is 79.9. The number of hydrogen-bond acceptors (Lipinski definition) is 5. The molecule has 2 rings (SSSR count). The van der Waals surface area contributed by atoms with E-state index >= 15 is 0 Å². The summed E-state index contributed by atoms with van der Waals surface area (Å²) in [5.41, 5.74) is 4.82. The molecule has 0 aliphatic rings. The molecule has 0 aliphatic heterocycles. The van der Waals surface area contributed by atoms with Gasteiger partial charge in [0, 0.05) is 16.9 Å². The number of pyridine rings is 1. The molecular weight excluding hydrogens is 356 g/mol. The fraction of sp³-hybridized carbons (Fsp3) is 0.154. The molecule has 8 heteroatoms. The number of rotatable bonds is 4. The fourth-order valence-electron chi connectivity index (χ4n) is 1.97. The van der Waals surface area contributed by atoms with E-state index in [9.17, 15) is 8.42 Å². The third kappa shape index (κ3) is 3.34. The minimum atomic E-state index is -3.78. The van der Waals surface area contributed by atoms with E-state index < -0.39 is 10.0 Å². The molecule has 1 heterocycles. The second kappa shape index (κ2) is 6.00. The van der Waals surface area contributed by atoms with Gasteiger partial charge >= 0.3 is 0 Å². The topological polar surface area (TPSA) is 97.1 Å². The molecular formula is C13H15BrN4O2S. The first-order chi connectivity index (χ1) is 9.85. The number of aromatic nitrogens is 1. The molecule has 0 amide bonds. The zero-order valence-corrected chi connectivity index (χ0v) is 13.9. The minimum absolute atomic E-state index is 0.00535. The molecule has 6 nitrogen and oxygen atoms in total. The van der Waals surface area contributed by atoms with Crippen LogP contribution in [0.1, 0.15) is 11.1 Å². The van der Waals surface area contributed by atoms with E-state index in [1.165, 1.54) is 18.5 Å². The van der Waals surface area contributed by atoms with Crippen LogP contribution in [0.5, 0.6) is 0 Å². The summed E-state index contributed by atoms with van der Waals surface area (Å²) in [5.74, 6) is 5.34. The monoisotopic (exact) mass is 370 g/mol. The Morgan fingerprint density at radius 2 is 1.86 bits per heavy atom. The van der Waals surface area contributed by atoms with Crippen LogP contribution in [-0.2, 0) is 10.0 Å². The molecule has 112 valence electrons. The van der Waals surface area contributed by atoms with Crippen LogP contribution in [0.3, 0.4) is 0 Å². The van der Waals surface area contributed by atoms with Crippen LogP contribution in [0.15, 0.2) is 40.0 Å². The second-order valence-corrected chi connectivity index (χ2v) is 7.10. The molecule has 21 heavy (non-hydrogen) atoms. The molecule has 0 atom stereocenters. The fourth-order valence-corrected chi connectivity index (χ4v) is 3.98. The van der Waals surface area contributed by atoms with Gasteiger partial charge in [-0.15, -0.1) is 0 Å². The zero-order chi connectivity index (χ0) is 15.6. The summed E-state index contributed by atoms with van der Waals surface area (Å²) in [6.07, 6.45) is 2.71. The van der Waals surface area contributed by atoms with Gasteiger partial charge in [-0.2, -0.15) is 0 Å². The van der Waals surface area contributed by atoms with Crippen molar-refractivity contribution in [3.63, 3.8) is 0 Å². The van der Waals surface area contributed by atoms with Crippen LogP contribution >= 0.6 is 15.9 Å². The van der Waals surface area contributed by atoms with E-state index in [1.54, 1.807) is 0 Å². The smallest absolute Gasteiger partial charge is 0.265 e. The second-order valence-electron chi connectivity index (χ2n) is 4.54. The van der Waals surface area contributed by atoms with Gasteiger partial charge < -0.3 is 5.43 Å². The first-order valence-electron chi connectivity index (χ1n) is 6.05. The highest BCUT2D eigenvalue weighted by Gasteiger charge is 2.20. The summed E-state index contributed by atoms with van der Waals surface area (Å²) < 4.78 is 28.5. The SMILES string of the molecule is Cc1cc(Br)cc(C)c1NS(=O)(=O)c1cnccc1NN. The maximum Gasteiger partial charge on any atom is 0.265 e. The highest BCUT2D eigenvalue weighted by molar-refractivity contribution is 9.10. The van der Waals surface area contributed by atoms with Gasteiger partial charge in [-0.1, -0.05) is 15.9 Å². The number of hydrazine groups is 1. The maximum absolute atomic E-state index is 12.5. The molecule has 0 spiro atoms. The summed E-state index contributed by atoms with van der Waals surface area (Å²) in [7, 11) is -3.78. The predicted octanol–water partition coefficient (Wildman–Crippen LogP) is 2.55. The highest BCUT2D eigenvalue weighted by Crippen LogP contribution is 2.28. The molecule has 1 aromatic heterocycles. The van der Waals surface area contributed by atoms with Gasteiger partial charge in [-0.05, 0) is 43.2 Å². The molecule has 0 bridgehead atoms. The summed E-state index contributed by atoms with van der Waals surface area (Å²) in [6.45, 7) is 3.67. The van der Waals surface area contributed by atoms with Crippen LogP contribution in [0.25, 0.3) is 0 Å². The lowest BCUT2D eigenvalue weighted by Gasteiger charge is -2.15. The van der Waals surface area contributed by atoms with Crippen molar-refractivity contribution in [2.24, 2.45) is 5.84 Å². The quantitative estimate of drug-likeness (QED) is 0.567. The lowest BCUT2D eigenvalue weighted by atomic mass is 10.1.